The normalized spacial score (nSPS) is 11.1. The number of sulfonamides is 1. The lowest BCUT2D eigenvalue weighted by Crippen LogP contribution is -2.20. The molecule has 3 N–H and O–H groups in total. The fraction of sp³-hybridized carbons (Fsp3) is 0.133. The third-order valence-corrected chi connectivity index (χ3v) is 4.74. The van der Waals surface area contributed by atoms with Gasteiger partial charge >= 0.3 is 0 Å². The fourth-order valence-corrected chi connectivity index (χ4v) is 2.96. The molecule has 2 radical (unpaired) electrons. The summed E-state index contributed by atoms with van der Waals surface area (Å²) in [5.41, 5.74) is 1.34. The number of amides is 1. The van der Waals surface area contributed by atoms with Crippen molar-refractivity contribution in [2.75, 3.05) is 11.9 Å². The van der Waals surface area contributed by atoms with Crippen LogP contribution in [0.2, 0.25) is 5.02 Å². The van der Waals surface area contributed by atoms with E-state index in [4.69, 9.17) is 21.5 Å². The van der Waals surface area contributed by atoms with Crippen LogP contribution in [0.15, 0.2) is 47.4 Å². The van der Waals surface area contributed by atoms with E-state index in [1.807, 2.05) is 18.2 Å². The SMILES string of the molecule is NS(=O)(=O)c1ccc(NC(=O)COc2cccc([CH2][Al])c2)c(Cl)c1. The molecular formula is C15H14AlClN2O4S. The number of anilines is 1. The maximum atomic E-state index is 11.9. The zero-order valence-electron chi connectivity index (χ0n) is 12.5. The predicted molar refractivity (Wildman–Crippen MR) is 92.8 cm³/mol. The molecular weight excluding hydrogens is 367 g/mol. The van der Waals surface area contributed by atoms with E-state index >= 15 is 0 Å². The Kier molecular flexibility index (Phi) is 6.27. The van der Waals surface area contributed by atoms with Gasteiger partial charge in [-0.3, -0.25) is 4.79 Å². The van der Waals surface area contributed by atoms with Crippen molar-refractivity contribution in [2.24, 2.45) is 5.14 Å². The van der Waals surface area contributed by atoms with Crippen LogP contribution >= 0.6 is 11.6 Å². The molecule has 2 aromatic carbocycles. The average molecular weight is 381 g/mol. The molecule has 0 aliphatic heterocycles. The van der Waals surface area contributed by atoms with Crippen LogP contribution in [0.1, 0.15) is 5.56 Å². The summed E-state index contributed by atoms with van der Waals surface area (Å²) >= 11 is 8.57. The molecule has 0 aromatic heterocycles. The first-order valence-electron chi connectivity index (χ1n) is 6.83. The first-order valence-corrected chi connectivity index (χ1v) is 9.57. The molecule has 2 rings (SSSR count). The van der Waals surface area contributed by atoms with Gasteiger partial charge in [0.05, 0.1) is 15.6 Å². The highest BCUT2D eigenvalue weighted by Crippen LogP contribution is 2.24. The lowest BCUT2D eigenvalue weighted by Gasteiger charge is -2.10. The predicted octanol–water partition coefficient (Wildman–Crippen LogP) is 1.67. The molecule has 0 saturated heterocycles. The first kappa shape index (κ1) is 18.8. The summed E-state index contributed by atoms with van der Waals surface area (Å²) < 4.78 is 27.9. The Bertz CT molecular complexity index is 858. The second-order valence-corrected chi connectivity index (χ2v) is 7.25. The number of hydrogen-bond acceptors (Lipinski definition) is 4. The van der Waals surface area contributed by atoms with Crippen LogP contribution in [-0.2, 0) is 20.1 Å². The summed E-state index contributed by atoms with van der Waals surface area (Å²) in [6.07, 6.45) is 0. The highest BCUT2D eigenvalue weighted by molar-refractivity contribution is 7.89. The number of primary sulfonamides is 1. The van der Waals surface area contributed by atoms with Gasteiger partial charge in [0.1, 0.15) is 22.0 Å². The van der Waals surface area contributed by atoms with Crippen molar-refractivity contribution in [1.29, 1.82) is 0 Å². The number of halogens is 1. The molecule has 2 aromatic rings. The van der Waals surface area contributed by atoms with Gasteiger partial charge in [-0.2, -0.15) is 0 Å². The van der Waals surface area contributed by atoms with Crippen molar-refractivity contribution in [2.45, 2.75) is 10.2 Å². The van der Waals surface area contributed by atoms with E-state index < -0.39 is 15.9 Å². The van der Waals surface area contributed by atoms with Gasteiger partial charge in [0.25, 0.3) is 5.91 Å². The molecule has 24 heavy (non-hydrogen) atoms. The van der Waals surface area contributed by atoms with Crippen molar-refractivity contribution >= 4 is 49.5 Å². The number of rotatable bonds is 6. The van der Waals surface area contributed by atoms with Gasteiger partial charge in [0, 0.05) is 0 Å². The maximum absolute atomic E-state index is 11.9. The molecule has 0 saturated carbocycles. The van der Waals surface area contributed by atoms with Crippen LogP contribution in [0.25, 0.3) is 0 Å². The standard InChI is InChI=1S/C15H14ClN2O4S.Al/c1-10-3-2-4-11(7-10)22-9-15(19)18-14-6-5-12(8-13(14)16)23(17,20)21;/h2-8H,1,9H2,(H,18,19)(H2,17,20,21);. The molecule has 0 bridgehead atoms. The van der Waals surface area contributed by atoms with Gasteiger partial charge in [-0.25, -0.2) is 13.6 Å². The molecule has 1 amide bonds. The summed E-state index contributed by atoms with van der Waals surface area (Å²) in [5, 5.41) is 8.43. The number of nitrogens with one attached hydrogen (secondary N) is 1. The summed E-state index contributed by atoms with van der Waals surface area (Å²) in [4.78, 5) is 11.8. The number of ether oxygens (including phenoxy) is 1. The topological polar surface area (TPSA) is 98.5 Å². The zero-order valence-corrected chi connectivity index (χ0v) is 15.3. The van der Waals surface area contributed by atoms with Crippen molar-refractivity contribution in [3.63, 3.8) is 0 Å². The van der Waals surface area contributed by atoms with Crippen LogP contribution in [0.3, 0.4) is 0 Å². The minimum Gasteiger partial charge on any atom is -0.484 e. The second kappa shape index (κ2) is 8.01. The quantitative estimate of drug-likeness (QED) is 0.745. The third kappa shape index (κ3) is 5.23. The Balaban J connectivity index is 1.99. The number of hydrogen-bond donors (Lipinski definition) is 2. The summed E-state index contributed by atoms with van der Waals surface area (Å²) in [5.74, 6) is 0.164. The minimum atomic E-state index is -3.85. The monoisotopic (exact) mass is 380 g/mol. The Morgan fingerprint density at radius 3 is 2.62 bits per heavy atom. The van der Waals surface area contributed by atoms with Crippen molar-refractivity contribution in [3.05, 3.63) is 53.1 Å². The fourth-order valence-electron chi connectivity index (χ4n) is 1.87. The molecule has 0 spiro atoms. The zero-order chi connectivity index (χ0) is 17.7. The highest BCUT2D eigenvalue weighted by atomic mass is 35.5. The summed E-state index contributed by atoms with van der Waals surface area (Å²) in [6, 6.07) is 11.2. The lowest BCUT2D eigenvalue weighted by atomic mass is 10.2. The van der Waals surface area contributed by atoms with Gasteiger partial charge in [-0.1, -0.05) is 34.6 Å². The van der Waals surface area contributed by atoms with Crippen LogP contribution in [0.4, 0.5) is 5.69 Å². The molecule has 0 atom stereocenters. The molecule has 0 aliphatic rings. The molecule has 0 aliphatic carbocycles. The van der Waals surface area contributed by atoms with Crippen molar-refractivity contribution in [1.82, 2.24) is 0 Å². The molecule has 9 heteroatoms. The third-order valence-electron chi connectivity index (χ3n) is 3.05. The van der Waals surface area contributed by atoms with Crippen LogP contribution in [0.5, 0.6) is 5.75 Å². The number of carbonyl (C=O) groups excluding carboxylic acids is 1. The van der Waals surface area contributed by atoms with E-state index in [2.05, 4.69) is 21.6 Å². The second-order valence-electron chi connectivity index (χ2n) is 4.88. The van der Waals surface area contributed by atoms with E-state index in [1.54, 1.807) is 6.07 Å². The van der Waals surface area contributed by atoms with E-state index in [0.717, 1.165) is 10.8 Å². The Hall–Kier alpha value is -1.56. The number of nitrogens with two attached hydrogens (primary N) is 1. The molecule has 0 unspecified atom stereocenters. The van der Waals surface area contributed by atoms with Crippen molar-refractivity contribution in [3.8, 4) is 5.75 Å². The van der Waals surface area contributed by atoms with Gasteiger partial charge in [-0.15, -0.1) is 0 Å². The van der Waals surface area contributed by atoms with Gasteiger partial charge in [0.15, 0.2) is 6.61 Å². The Morgan fingerprint density at radius 1 is 1.25 bits per heavy atom. The lowest BCUT2D eigenvalue weighted by molar-refractivity contribution is -0.118. The van der Waals surface area contributed by atoms with Gasteiger partial charge < -0.3 is 10.1 Å². The maximum Gasteiger partial charge on any atom is 0.262 e. The largest absolute Gasteiger partial charge is 0.484 e. The van der Waals surface area contributed by atoms with Crippen LogP contribution < -0.4 is 15.2 Å². The summed E-state index contributed by atoms with van der Waals surface area (Å²) in [6.45, 7) is -0.201. The van der Waals surface area contributed by atoms with Crippen molar-refractivity contribution < 1.29 is 17.9 Å². The summed E-state index contributed by atoms with van der Waals surface area (Å²) in [7, 11) is -3.85. The molecule has 6 nitrogen and oxygen atoms in total. The average Bonchev–Trinajstić information content (AvgIpc) is 2.54. The van der Waals surface area contributed by atoms with E-state index in [9.17, 15) is 13.2 Å². The van der Waals surface area contributed by atoms with Crippen LogP contribution in [-0.4, -0.2) is 37.2 Å². The van der Waals surface area contributed by atoms with E-state index in [-0.39, 0.29) is 22.2 Å². The highest BCUT2D eigenvalue weighted by Gasteiger charge is 2.12. The van der Waals surface area contributed by atoms with Crippen LogP contribution in [0, 0.1) is 0 Å². The van der Waals surface area contributed by atoms with Gasteiger partial charge in [-0.05, 0) is 30.3 Å². The smallest absolute Gasteiger partial charge is 0.262 e. The molecule has 0 heterocycles. The van der Waals surface area contributed by atoms with E-state index in [1.165, 1.54) is 18.2 Å². The minimum absolute atomic E-state index is 0.0693. The Morgan fingerprint density at radius 2 is 2.00 bits per heavy atom. The first-order chi connectivity index (χ1) is 11.3. The van der Waals surface area contributed by atoms with E-state index in [0.29, 0.717) is 5.75 Å². The number of benzene rings is 2. The Labute approximate surface area is 153 Å². The molecule has 124 valence electrons. The molecule has 0 fully saturated rings. The number of carbonyl (C=O) groups is 1. The van der Waals surface area contributed by atoms with Gasteiger partial charge in [0.2, 0.25) is 10.0 Å².